The van der Waals surface area contributed by atoms with Gasteiger partial charge >= 0.3 is 5.97 Å². The monoisotopic (exact) mass is 411 g/mol. The van der Waals surface area contributed by atoms with Crippen molar-refractivity contribution in [1.82, 2.24) is 4.98 Å². The second-order valence-corrected chi connectivity index (χ2v) is 7.00. The molecule has 0 saturated carbocycles. The summed E-state index contributed by atoms with van der Waals surface area (Å²) in [5.41, 5.74) is 3.22. The van der Waals surface area contributed by atoms with Crippen molar-refractivity contribution in [3.63, 3.8) is 0 Å². The molecule has 5 heteroatoms. The zero-order valence-corrected chi connectivity index (χ0v) is 17.3. The fraction of sp³-hybridized carbons (Fsp3) is 0.115. The summed E-state index contributed by atoms with van der Waals surface area (Å²) in [6.07, 6.45) is 0. The maximum absolute atomic E-state index is 13.0. The molecule has 0 amide bonds. The number of rotatable bonds is 6. The molecule has 0 bridgehead atoms. The van der Waals surface area contributed by atoms with Crippen LogP contribution >= 0.6 is 0 Å². The third-order valence-electron chi connectivity index (χ3n) is 4.87. The molecule has 0 N–H and O–H groups in total. The van der Waals surface area contributed by atoms with Crippen LogP contribution in [0.4, 0.5) is 0 Å². The van der Waals surface area contributed by atoms with Crippen LogP contribution in [0.5, 0.6) is 11.5 Å². The van der Waals surface area contributed by atoms with E-state index in [-0.39, 0.29) is 5.78 Å². The van der Waals surface area contributed by atoms with Crippen molar-refractivity contribution in [2.45, 2.75) is 13.8 Å². The van der Waals surface area contributed by atoms with Crippen LogP contribution in [0, 0.1) is 0 Å². The Balaban J connectivity index is 1.70. The number of carbonyl (C=O) groups is 2. The summed E-state index contributed by atoms with van der Waals surface area (Å²) in [6.45, 7) is 4.02. The number of hydrogen-bond donors (Lipinski definition) is 0. The summed E-state index contributed by atoms with van der Waals surface area (Å²) < 4.78 is 11.1. The molecule has 4 aromatic rings. The van der Waals surface area contributed by atoms with Gasteiger partial charge < -0.3 is 9.47 Å². The Labute approximate surface area is 180 Å². The highest BCUT2D eigenvalue weighted by molar-refractivity contribution is 6.05. The number of hydrogen-bond acceptors (Lipinski definition) is 5. The standard InChI is InChI=1S/C26H21NO4/c1-3-30-20-12-10-19(11-13-20)25-16-23(22-6-4-5-7-24(22)27-25)26(29)31-21-14-8-18(9-15-21)17(2)28/h4-16H,3H2,1-2H3. The number of carbonyl (C=O) groups excluding carboxylic acids is 2. The Morgan fingerprint density at radius 1 is 0.871 bits per heavy atom. The van der Waals surface area contributed by atoms with Gasteiger partial charge in [-0.25, -0.2) is 9.78 Å². The minimum Gasteiger partial charge on any atom is -0.494 e. The van der Waals surface area contributed by atoms with E-state index in [2.05, 4.69) is 0 Å². The Morgan fingerprint density at radius 3 is 2.23 bits per heavy atom. The van der Waals surface area contributed by atoms with Gasteiger partial charge in [0.25, 0.3) is 0 Å². The average molecular weight is 411 g/mol. The summed E-state index contributed by atoms with van der Waals surface area (Å²) >= 11 is 0. The molecular formula is C26H21NO4. The molecule has 4 rings (SSSR count). The number of Topliss-reactive ketones (excluding diaryl/α,β-unsaturated/α-hetero) is 1. The zero-order valence-electron chi connectivity index (χ0n) is 17.3. The number of benzene rings is 3. The molecule has 0 atom stereocenters. The second kappa shape index (κ2) is 8.79. The summed E-state index contributed by atoms with van der Waals surface area (Å²) in [6, 6.07) is 23.3. The first kappa shape index (κ1) is 20.3. The first-order valence-corrected chi connectivity index (χ1v) is 10.0. The molecule has 0 unspecified atom stereocenters. The van der Waals surface area contributed by atoms with E-state index in [0.29, 0.717) is 40.1 Å². The lowest BCUT2D eigenvalue weighted by atomic mass is 10.0. The molecule has 31 heavy (non-hydrogen) atoms. The fourth-order valence-electron chi connectivity index (χ4n) is 3.30. The van der Waals surface area contributed by atoms with Crippen molar-refractivity contribution < 1.29 is 19.1 Å². The number of ketones is 1. The van der Waals surface area contributed by atoms with Crippen molar-refractivity contribution in [3.8, 4) is 22.8 Å². The van der Waals surface area contributed by atoms with Crippen molar-refractivity contribution >= 4 is 22.7 Å². The van der Waals surface area contributed by atoms with Crippen LogP contribution in [0.25, 0.3) is 22.2 Å². The first-order valence-electron chi connectivity index (χ1n) is 10.0. The van der Waals surface area contributed by atoms with Crippen LogP contribution in [0.3, 0.4) is 0 Å². The van der Waals surface area contributed by atoms with Gasteiger partial charge in [0, 0.05) is 16.5 Å². The SMILES string of the molecule is CCOc1ccc(-c2cc(C(=O)Oc3ccc(C(C)=O)cc3)c3ccccc3n2)cc1. The lowest BCUT2D eigenvalue weighted by Gasteiger charge is -2.11. The average Bonchev–Trinajstić information content (AvgIpc) is 2.79. The molecule has 0 aliphatic rings. The van der Waals surface area contributed by atoms with E-state index in [1.165, 1.54) is 6.92 Å². The lowest BCUT2D eigenvalue weighted by molar-refractivity contribution is 0.0736. The number of ether oxygens (including phenoxy) is 2. The lowest BCUT2D eigenvalue weighted by Crippen LogP contribution is -2.10. The van der Waals surface area contributed by atoms with Gasteiger partial charge in [0.15, 0.2) is 5.78 Å². The Hall–Kier alpha value is -3.99. The summed E-state index contributed by atoms with van der Waals surface area (Å²) in [5.74, 6) is 0.624. The third kappa shape index (κ3) is 4.46. The molecule has 0 aliphatic carbocycles. The second-order valence-electron chi connectivity index (χ2n) is 7.00. The van der Waals surface area contributed by atoms with Gasteiger partial charge in [-0.3, -0.25) is 4.79 Å². The normalized spacial score (nSPS) is 10.6. The van der Waals surface area contributed by atoms with Crippen molar-refractivity contribution in [2.24, 2.45) is 0 Å². The molecule has 0 aliphatic heterocycles. The Morgan fingerprint density at radius 2 is 1.55 bits per heavy atom. The van der Waals surface area contributed by atoms with E-state index in [9.17, 15) is 9.59 Å². The number of fused-ring (bicyclic) bond motifs is 1. The van der Waals surface area contributed by atoms with Crippen molar-refractivity contribution in [2.75, 3.05) is 6.61 Å². The maximum atomic E-state index is 13.0. The van der Waals surface area contributed by atoms with Gasteiger partial charge in [0.1, 0.15) is 11.5 Å². The maximum Gasteiger partial charge on any atom is 0.344 e. The minimum absolute atomic E-state index is 0.0435. The van der Waals surface area contributed by atoms with Crippen LogP contribution in [0.1, 0.15) is 34.6 Å². The summed E-state index contributed by atoms with van der Waals surface area (Å²) in [4.78, 5) is 29.2. The third-order valence-corrected chi connectivity index (χ3v) is 4.87. The molecular weight excluding hydrogens is 390 g/mol. The molecule has 1 aromatic heterocycles. The quantitative estimate of drug-likeness (QED) is 0.231. The molecule has 3 aromatic carbocycles. The van der Waals surface area contributed by atoms with E-state index in [4.69, 9.17) is 14.5 Å². The number of esters is 1. The van der Waals surface area contributed by atoms with Gasteiger partial charge in [0.05, 0.1) is 23.4 Å². The van der Waals surface area contributed by atoms with Gasteiger partial charge in [-0.1, -0.05) is 18.2 Å². The van der Waals surface area contributed by atoms with E-state index < -0.39 is 5.97 Å². The largest absolute Gasteiger partial charge is 0.494 e. The highest BCUT2D eigenvalue weighted by Crippen LogP contribution is 2.27. The van der Waals surface area contributed by atoms with Crippen LogP contribution in [0.15, 0.2) is 78.9 Å². The van der Waals surface area contributed by atoms with Crippen LogP contribution < -0.4 is 9.47 Å². The predicted octanol–water partition coefficient (Wildman–Crippen LogP) is 5.72. The molecule has 5 nitrogen and oxygen atoms in total. The van der Waals surface area contributed by atoms with Crippen molar-refractivity contribution in [3.05, 3.63) is 90.0 Å². The zero-order chi connectivity index (χ0) is 21.8. The molecule has 0 radical (unpaired) electrons. The van der Waals surface area contributed by atoms with E-state index in [1.54, 1.807) is 30.3 Å². The number of para-hydroxylation sites is 1. The van der Waals surface area contributed by atoms with Gasteiger partial charge in [-0.05, 0) is 74.5 Å². The molecule has 0 saturated heterocycles. The number of aromatic nitrogens is 1. The van der Waals surface area contributed by atoms with Gasteiger partial charge in [0.2, 0.25) is 0 Å². The molecule has 0 spiro atoms. The summed E-state index contributed by atoms with van der Waals surface area (Å²) in [5, 5.41) is 0.711. The van der Waals surface area contributed by atoms with Crippen LogP contribution in [-0.2, 0) is 0 Å². The van der Waals surface area contributed by atoms with Crippen LogP contribution in [-0.4, -0.2) is 23.3 Å². The first-order chi connectivity index (χ1) is 15.0. The smallest absolute Gasteiger partial charge is 0.344 e. The predicted molar refractivity (Wildman–Crippen MR) is 120 cm³/mol. The van der Waals surface area contributed by atoms with E-state index in [0.717, 1.165) is 11.3 Å². The van der Waals surface area contributed by atoms with E-state index >= 15 is 0 Å². The Kier molecular flexibility index (Phi) is 5.76. The van der Waals surface area contributed by atoms with E-state index in [1.807, 2.05) is 55.5 Å². The highest BCUT2D eigenvalue weighted by Gasteiger charge is 2.16. The van der Waals surface area contributed by atoms with Gasteiger partial charge in [-0.2, -0.15) is 0 Å². The topological polar surface area (TPSA) is 65.5 Å². The number of pyridine rings is 1. The minimum atomic E-state index is -0.485. The fourth-order valence-corrected chi connectivity index (χ4v) is 3.30. The molecule has 0 fully saturated rings. The number of nitrogens with zero attached hydrogens (tertiary/aromatic N) is 1. The Bertz CT molecular complexity index is 1240. The molecule has 1 heterocycles. The molecule has 154 valence electrons. The summed E-state index contributed by atoms with van der Waals surface area (Å²) in [7, 11) is 0. The van der Waals surface area contributed by atoms with Gasteiger partial charge in [-0.15, -0.1) is 0 Å². The van der Waals surface area contributed by atoms with Crippen molar-refractivity contribution in [1.29, 1.82) is 0 Å². The highest BCUT2D eigenvalue weighted by atomic mass is 16.5. The van der Waals surface area contributed by atoms with Crippen LogP contribution in [0.2, 0.25) is 0 Å².